The van der Waals surface area contributed by atoms with Crippen LogP contribution in [0, 0.1) is 0 Å². The lowest BCUT2D eigenvalue weighted by Gasteiger charge is -2.41. The van der Waals surface area contributed by atoms with Crippen molar-refractivity contribution in [3.8, 4) is 33.8 Å². The molecule has 0 radical (unpaired) electrons. The third-order valence-electron chi connectivity index (χ3n) is 12.6. The first-order chi connectivity index (χ1) is 28.5. The minimum absolute atomic E-state index is 0.110. The first kappa shape index (κ1) is 34.1. The molecule has 9 aromatic carbocycles. The molecular weight excluding hydrogens is 703 g/mol. The highest BCUT2D eigenvalue weighted by Gasteiger charge is 2.45. The quantitative estimate of drug-likeness (QED) is 0.168. The van der Waals surface area contributed by atoms with Gasteiger partial charge in [-0.1, -0.05) is 178 Å². The number of fused-ring (bicyclic) bond motifs is 6. The molecule has 0 saturated carbocycles. The van der Waals surface area contributed by atoms with Crippen molar-refractivity contribution in [3.05, 3.63) is 246 Å². The van der Waals surface area contributed by atoms with Gasteiger partial charge in [-0.15, -0.1) is 0 Å². The summed E-state index contributed by atoms with van der Waals surface area (Å²) < 4.78 is 6.71. The van der Waals surface area contributed by atoms with Crippen molar-refractivity contribution < 1.29 is 4.74 Å². The number of benzene rings is 9. The number of anilines is 3. The molecule has 1 aliphatic heterocycles. The Bertz CT molecular complexity index is 2960. The van der Waals surface area contributed by atoms with Crippen LogP contribution in [-0.4, -0.2) is 0 Å². The number of hydrogen-bond acceptors (Lipinski definition) is 2. The van der Waals surface area contributed by atoms with Crippen LogP contribution in [-0.2, 0) is 10.8 Å². The topological polar surface area (TPSA) is 12.5 Å². The van der Waals surface area contributed by atoms with Gasteiger partial charge in [-0.05, 0) is 98.4 Å². The molecule has 0 unspecified atom stereocenters. The van der Waals surface area contributed by atoms with Crippen molar-refractivity contribution >= 4 is 27.8 Å². The number of rotatable bonds is 6. The van der Waals surface area contributed by atoms with Crippen molar-refractivity contribution in [3.63, 3.8) is 0 Å². The maximum absolute atomic E-state index is 6.71. The van der Waals surface area contributed by atoms with Gasteiger partial charge in [0.15, 0.2) is 0 Å². The molecule has 0 spiro atoms. The Morgan fingerprint density at radius 1 is 0.397 bits per heavy atom. The number of nitrogens with zero attached hydrogens (tertiary/aromatic N) is 1. The van der Waals surface area contributed by atoms with E-state index in [4.69, 9.17) is 4.74 Å². The van der Waals surface area contributed by atoms with E-state index in [-0.39, 0.29) is 5.41 Å². The fraction of sp³-hybridized carbons (Fsp3) is 0.0714. The van der Waals surface area contributed by atoms with Crippen LogP contribution >= 0.6 is 0 Å². The zero-order chi connectivity index (χ0) is 38.8. The van der Waals surface area contributed by atoms with Crippen LogP contribution in [0.1, 0.15) is 47.2 Å². The van der Waals surface area contributed by atoms with Crippen molar-refractivity contribution in [2.24, 2.45) is 0 Å². The van der Waals surface area contributed by atoms with Crippen LogP contribution in [0.25, 0.3) is 33.0 Å². The number of ether oxygens (including phenoxy) is 1. The zero-order valence-electron chi connectivity index (χ0n) is 32.6. The summed E-state index contributed by atoms with van der Waals surface area (Å²) in [5.74, 6) is 1.75. The van der Waals surface area contributed by atoms with Gasteiger partial charge in [-0.3, -0.25) is 0 Å². The van der Waals surface area contributed by atoms with Crippen molar-refractivity contribution in [1.82, 2.24) is 0 Å². The van der Waals surface area contributed by atoms with E-state index in [1.165, 1.54) is 44.2 Å². The minimum atomic E-state index is -0.575. The second-order valence-corrected chi connectivity index (χ2v) is 16.1. The molecule has 1 heterocycles. The lowest BCUT2D eigenvalue weighted by molar-refractivity contribution is 0.434. The Kier molecular flexibility index (Phi) is 7.78. The number of para-hydroxylation sites is 1. The van der Waals surface area contributed by atoms with Crippen LogP contribution in [0.2, 0.25) is 0 Å². The summed E-state index contributed by atoms with van der Waals surface area (Å²) >= 11 is 0. The van der Waals surface area contributed by atoms with Crippen LogP contribution < -0.4 is 9.64 Å². The fourth-order valence-corrected chi connectivity index (χ4v) is 9.85. The summed E-state index contributed by atoms with van der Waals surface area (Å²) in [5, 5.41) is 2.43. The van der Waals surface area contributed by atoms with E-state index in [9.17, 15) is 0 Å². The average Bonchev–Trinajstić information content (AvgIpc) is 3.51. The third-order valence-corrected chi connectivity index (χ3v) is 12.6. The molecule has 0 N–H and O–H groups in total. The molecule has 11 rings (SSSR count). The predicted octanol–water partition coefficient (Wildman–Crippen LogP) is 14.8. The van der Waals surface area contributed by atoms with Gasteiger partial charge in [0.25, 0.3) is 0 Å². The molecular formula is C56H41NO. The van der Waals surface area contributed by atoms with E-state index < -0.39 is 5.41 Å². The van der Waals surface area contributed by atoms with E-state index in [1.54, 1.807) is 0 Å². The van der Waals surface area contributed by atoms with Crippen molar-refractivity contribution in [1.29, 1.82) is 0 Å². The highest BCUT2D eigenvalue weighted by atomic mass is 16.5. The Labute approximate surface area is 340 Å². The maximum atomic E-state index is 6.71. The first-order valence-corrected chi connectivity index (χ1v) is 20.2. The lowest BCUT2D eigenvalue weighted by atomic mass is 9.63. The Morgan fingerprint density at radius 3 is 1.76 bits per heavy atom. The second kappa shape index (κ2) is 13.2. The van der Waals surface area contributed by atoms with E-state index in [0.29, 0.717) is 0 Å². The molecule has 0 bridgehead atoms. The maximum Gasteiger partial charge on any atom is 0.132 e. The summed E-state index contributed by atoms with van der Waals surface area (Å²) in [4.78, 5) is 2.43. The van der Waals surface area contributed by atoms with E-state index in [2.05, 4.69) is 231 Å². The van der Waals surface area contributed by atoms with Crippen LogP contribution in [0.15, 0.2) is 212 Å². The van der Waals surface area contributed by atoms with Gasteiger partial charge in [-0.2, -0.15) is 0 Å². The molecule has 58 heavy (non-hydrogen) atoms. The van der Waals surface area contributed by atoms with Gasteiger partial charge < -0.3 is 9.64 Å². The van der Waals surface area contributed by atoms with Gasteiger partial charge in [0.2, 0.25) is 0 Å². The molecule has 0 atom stereocenters. The SMILES string of the molecule is CC1(C)c2ccccc2-c2ccc(N(c3ccc(-c4ccc5c(c4)C(c4ccccc4)(c4ccccc4)c4ccccc4O5)cc3)c3cccc4ccccc34)cc21. The third kappa shape index (κ3) is 5.11. The fourth-order valence-electron chi connectivity index (χ4n) is 9.85. The highest BCUT2D eigenvalue weighted by Crippen LogP contribution is 2.56. The molecule has 276 valence electrons. The molecule has 0 aromatic heterocycles. The Balaban J connectivity index is 1.06. The standard InChI is InChI=1S/C56H41NO/c1-55(2)48-24-12-11-23-46(48)47-34-33-44(37-50(47)55)57(52-26-15-17-39-16-9-10-22-45(39)52)43-31-28-38(29-32-43)40-30-35-54-51(36-40)56(41-18-5-3-6-19-41,42-20-7-4-8-21-42)49-25-13-14-27-53(49)58-54/h3-37H,1-2H3. The normalized spacial score (nSPS) is 14.1. The van der Waals surface area contributed by atoms with E-state index in [1.807, 2.05) is 0 Å². The molecule has 2 heteroatoms. The van der Waals surface area contributed by atoms with Crippen LogP contribution in [0.5, 0.6) is 11.5 Å². The summed E-state index contributed by atoms with van der Waals surface area (Å²) in [7, 11) is 0. The molecule has 0 saturated heterocycles. The summed E-state index contributed by atoms with van der Waals surface area (Å²) in [6, 6.07) is 77.3. The van der Waals surface area contributed by atoms with Crippen molar-refractivity contribution in [2.45, 2.75) is 24.7 Å². The molecule has 2 aliphatic rings. The minimum Gasteiger partial charge on any atom is -0.457 e. The van der Waals surface area contributed by atoms with Gasteiger partial charge in [0.1, 0.15) is 11.5 Å². The molecule has 2 nitrogen and oxygen atoms in total. The molecule has 0 amide bonds. The van der Waals surface area contributed by atoms with E-state index >= 15 is 0 Å². The zero-order valence-corrected chi connectivity index (χ0v) is 32.6. The van der Waals surface area contributed by atoms with Gasteiger partial charge >= 0.3 is 0 Å². The van der Waals surface area contributed by atoms with Crippen molar-refractivity contribution in [2.75, 3.05) is 4.90 Å². The van der Waals surface area contributed by atoms with Crippen LogP contribution in [0.4, 0.5) is 17.1 Å². The summed E-state index contributed by atoms with van der Waals surface area (Å²) in [5.41, 5.74) is 15.1. The summed E-state index contributed by atoms with van der Waals surface area (Å²) in [6.45, 7) is 4.70. The Morgan fingerprint density at radius 2 is 0.983 bits per heavy atom. The van der Waals surface area contributed by atoms with Gasteiger partial charge in [-0.25, -0.2) is 0 Å². The van der Waals surface area contributed by atoms with Gasteiger partial charge in [0.05, 0.1) is 11.1 Å². The first-order valence-electron chi connectivity index (χ1n) is 20.2. The monoisotopic (exact) mass is 743 g/mol. The second-order valence-electron chi connectivity index (χ2n) is 16.1. The van der Waals surface area contributed by atoms with Gasteiger partial charge in [0, 0.05) is 33.3 Å². The van der Waals surface area contributed by atoms with Crippen LogP contribution in [0.3, 0.4) is 0 Å². The highest BCUT2D eigenvalue weighted by molar-refractivity contribution is 5.99. The molecule has 1 aliphatic carbocycles. The Hall–Kier alpha value is -7.16. The number of hydrogen-bond donors (Lipinski definition) is 0. The van der Waals surface area contributed by atoms with E-state index in [0.717, 1.165) is 50.8 Å². The average molecular weight is 744 g/mol. The molecule has 0 fully saturated rings. The summed E-state index contributed by atoms with van der Waals surface area (Å²) in [6.07, 6.45) is 0. The predicted molar refractivity (Wildman–Crippen MR) is 240 cm³/mol. The lowest BCUT2D eigenvalue weighted by Crippen LogP contribution is -2.34. The smallest absolute Gasteiger partial charge is 0.132 e. The largest absolute Gasteiger partial charge is 0.457 e. The molecule has 9 aromatic rings.